The zero-order chi connectivity index (χ0) is 12.7. The van der Waals surface area contributed by atoms with Crippen molar-refractivity contribution in [1.82, 2.24) is 4.90 Å². The Balaban J connectivity index is 2.44. The molecule has 0 aliphatic carbocycles. The Morgan fingerprint density at radius 2 is 2.24 bits per heavy atom. The molecular weight excluding hydrogens is 242 g/mol. The minimum absolute atomic E-state index is 0.0464. The normalized spacial score (nSPS) is 19.4. The van der Waals surface area contributed by atoms with E-state index >= 15 is 0 Å². The first-order valence-corrected chi connectivity index (χ1v) is 6.76. The Kier molecular flexibility index (Phi) is 6.34. The maximum absolute atomic E-state index is 11.8. The molecule has 1 fully saturated rings. The van der Waals surface area contributed by atoms with Gasteiger partial charge in [0.05, 0.1) is 6.61 Å². The molecule has 98 valence electrons. The van der Waals surface area contributed by atoms with Crippen LogP contribution >= 0.6 is 11.6 Å². The van der Waals surface area contributed by atoms with E-state index in [9.17, 15) is 9.59 Å². The number of carbonyl (C=O) groups is 2. The monoisotopic (exact) mass is 261 g/mol. The SMILES string of the molecule is CCCCOC(=O)C1CCCN1C(=O)CCCl. The molecule has 0 aromatic carbocycles. The third-order valence-electron chi connectivity index (χ3n) is 2.90. The predicted molar refractivity (Wildman–Crippen MR) is 65.9 cm³/mol. The summed E-state index contributed by atoms with van der Waals surface area (Å²) in [6.45, 7) is 3.13. The molecular formula is C12H20ClNO3. The highest BCUT2D eigenvalue weighted by Gasteiger charge is 2.34. The molecule has 0 aromatic rings. The van der Waals surface area contributed by atoms with Crippen molar-refractivity contribution in [3.05, 3.63) is 0 Å². The van der Waals surface area contributed by atoms with Gasteiger partial charge in [-0.2, -0.15) is 0 Å². The largest absolute Gasteiger partial charge is 0.464 e. The summed E-state index contributed by atoms with van der Waals surface area (Å²) in [5.74, 6) is -0.0127. The number of esters is 1. The average molecular weight is 262 g/mol. The molecule has 1 rings (SSSR count). The summed E-state index contributed by atoms with van der Waals surface area (Å²) in [6, 6.07) is -0.387. The van der Waals surface area contributed by atoms with E-state index < -0.39 is 0 Å². The zero-order valence-electron chi connectivity index (χ0n) is 10.3. The summed E-state index contributed by atoms with van der Waals surface area (Å²) >= 11 is 5.54. The lowest BCUT2D eigenvalue weighted by molar-refractivity contribution is -0.153. The van der Waals surface area contributed by atoms with E-state index in [1.165, 1.54) is 0 Å². The second kappa shape index (κ2) is 7.54. The smallest absolute Gasteiger partial charge is 0.328 e. The van der Waals surface area contributed by atoms with Crippen molar-refractivity contribution in [1.29, 1.82) is 0 Å². The Morgan fingerprint density at radius 3 is 2.88 bits per heavy atom. The highest BCUT2D eigenvalue weighted by molar-refractivity contribution is 6.18. The van der Waals surface area contributed by atoms with Crippen molar-refractivity contribution in [2.24, 2.45) is 0 Å². The lowest BCUT2D eigenvalue weighted by Crippen LogP contribution is -2.41. The van der Waals surface area contributed by atoms with Crippen molar-refractivity contribution in [3.8, 4) is 0 Å². The van der Waals surface area contributed by atoms with Crippen molar-refractivity contribution in [3.63, 3.8) is 0 Å². The molecule has 4 nitrogen and oxygen atoms in total. The van der Waals surface area contributed by atoms with Crippen LogP contribution in [0.2, 0.25) is 0 Å². The lowest BCUT2D eigenvalue weighted by Gasteiger charge is -2.22. The van der Waals surface area contributed by atoms with E-state index in [4.69, 9.17) is 16.3 Å². The molecule has 1 heterocycles. The van der Waals surface area contributed by atoms with Crippen molar-refractivity contribution >= 4 is 23.5 Å². The van der Waals surface area contributed by atoms with E-state index in [1.807, 2.05) is 6.92 Å². The van der Waals surface area contributed by atoms with Gasteiger partial charge in [0.2, 0.25) is 5.91 Å². The molecule has 1 saturated heterocycles. The molecule has 0 N–H and O–H groups in total. The van der Waals surface area contributed by atoms with Gasteiger partial charge in [0.1, 0.15) is 6.04 Å². The number of likely N-dealkylation sites (tertiary alicyclic amines) is 1. The van der Waals surface area contributed by atoms with Crippen LogP contribution in [-0.4, -0.2) is 41.8 Å². The maximum Gasteiger partial charge on any atom is 0.328 e. The van der Waals surface area contributed by atoms with E-state index in [1.54, 1.807) is 4.90 Å². The Bertz CT molecular complexity index is 270. The Morgan fingerprint density at radius 1 is 1.47 bits per heavy atom. The molecule has 0 spiro atoms. The number of ether oxygens (including phenoxy) is 1. The van der Waals surface area contributed by atoms with Gasteiger partial charge >= 0.3 is 5.97 Å². The fourth-order valence-corrected chi connectivity index (χ4v) is 2.11. The summed E-state index contributed by atoms with van der Waals surface area (Å²) in [4.78, 5) is 25.1. The van der Waals surface area contributed by atoms with Crippen LogP contribution in [0.4, 0.5) is 0 Å². The maximum atomic E-state index is 11.8. The number of amides is 1. The van der Waals surface area contributed by atoms with Gasteiger partial charge in [-0.05, 0) is 19.3 Å². The van der Waals surface area contributed by atoms with E-state index in [0.717, 1.165) is 19.3 Å². The van der Waals surface area contributed by atoms with Crippen LogP contribution in [0.25, 0.3) is 0 Å². The fourth-order valence-electron chi connectivity index (χ4n) is 1.95. The predicted octanol–water partition coefficient (Wildman–Crippen LogP) is 1.95. The number of alkyl halides is 1. The second-order valence-electron chi connectivity index (χ2n) is 4.21. The molecule has 0 aromatic heterocycles. The summed E-state index contributed by atoms with van der Waals surface area (Å²) < 4.78 is 5.16. The van der Waals surface area contributed by atoms with Crippen molar-refractivity contribution < 1.29 is 14.3 Å². The molecule has 1 aliphatic rings. The van der Waals surface area contributed by atoms with Crippen LogP contribution in [0.5, 0.6) is 0 Å². The van der Waals surface area contributed by atoms with Gasteiger partial charge < -0.3 is 9.64 Å². The van der Waals surface area contributed by atoms with Gasteiger partial charge in [-0.25, -0.2) is 4.79 Å². The molecule has 17 heavy (non-hydrogen) atoms. The molecule has 0 radical (unpaired) electrons. The molecule has 1 amide bonds. The number of halogens is 1. The van der Waals surface area contributed by atoms with E-state index in [0.29, 0.717) is 31.9 Å². The van der Waals surface area contributed by atoms with Crippen molar-refractivity contribution in [2.45, 2.75) is 45.1 Å². The summed E-state index contributed by atoms with van der Waals surface area (Å²) in [6.07, 6.45) is 3.72. The van der Waals surface area contributed by atoms with Gasteiger partial charge in [-0.3, -0.25) is 4.79 Å². The third-order valence-corrected chi connectivity index (χ3v) is 3.08. The number of unbranched alkanes of at least 4 members (excludes halogenated alkanes) is 1. The van der Waals surface area contributed by atoms with Crippen LogP contribution in [0.3, 0.4) is 0 Å². The summed E-state index contributed by atoms with van der Waals surface area (Å²) in [7, 11) is 0. The van der Waals surface area contributed by atoms with Crippen LogP contribution in [0, 0.1) is 0 Å². The molecule has 1 atom stereocenters. The summed E-state index contributed by atoms with van der Waals surface area (Å²) in [5, 5.41) is 0. The van der Waals surface area contributed by atoms with Crippen LogP contribution in [0.1, 0.15) is 39.0 Å². The average Bonchev–Trinajstić information content (AvgIpc) is 2.78. The molecule has 0 saturated carbocycles. The minimum Gasteiger partial charge on any atom is -0.464 e. The number of rotatable bonds is 6. The van der Waals surface area contributed by atoms with E-state index in [2.05, 4.69) is 0 Å². The lowest BCUT2D eigenvalue weighted by atomic mass is 10.2. The van der Waals surface area contributed by atoms with Gasteiger partial charge in [-0.1, -0.05) is 13.3 Å². The first-order chi connectivity index (χ1) is 8.20. The molecule has 1 aliphatic heterocycles. The molecule has 5 heteroatoms. The number of hydrogen-bond donors (Lipinski definition) is 0. The topological polar surface area (TPSA) is 46.6 Å². The standard InChI is InChI=1S/C12H20ClNO3/c1-2-3-9-17-12(16)10-5-4-8-14(10)11(15)6-7-13/h10H,2-9H2,1H3. The Hall–Kier alpha value is -0.770. The number of nitrogens with zero attached hydrogens (tertiary/aromatic N) is 1. The van der Waals surface area contributed by atoms with Gasteiger partial charge in [0.25, 0.3) is 0 Å². The zero-order valence-corrected chi connectivity index (χ0v) is 11.0. The van der Waals surface area contributed by atoms with Gasteiger partial charge in [0.15, 0.2) is 0 Å². The van der Waals surface area contributed by atoms with Crippen molar-refractivity contribution in [2.75, 3.05) is 19.0 Å². The first kappa shape index (κ1) is 14.3. The Labute approximate surface area is 107 Å². The quantitative estimate of drug-likeness (QED) is 0.417. The first-order valence-electron chi connectivity index (χ1n) is 6.22. The minimum atomic E-state index is -0.387. The molecule has 0 bridgehead atoms. The van der Waals surface area contributed by atoms with Gasteiger partial charge in [-0.15, -0.1) is 11.6 Å². The van der Waals surface area contributed by atoms with E-state index in [-0.39, 0.29) is 17.9 Å². The highest BCUT2D eigenvalue weighted by atomic mass is 35.5. The number of hydrogen-bond acceptors (Lipinski definition) is 3. The number of carbonyl (C=O) groups excluding carboxylic acids is 2. The third kappa shape index (κ3) is 4.19. The van der Waals surface area contributed by atoms with Crippen LogP contribution in [0.15, 0.2) is 0 Å². The van der Waals surface area contributed by atoms with Crippen LogP contribution < -0.4 is 0 Å². The summed E-state index contributed by atoms with van der Waals surface area (Å²) in [5.41, 5.74) is 0. The second-order valence-corrected chi connectivity index (χ2v) is 4.58. The molecule has 1 unspecified atom stereocenters. The van der Waals surface area contributed by atoms with Gasteiger partial charge in [0, 0.05) is 18.8 Å². The highest BCUT2D eigenvalue weighted by Crippen LogP contribution is 2.19. The fraction of sp³-hybridized carbons (Fsp3) is 0.833. The van der Waals surface area contributed by atoms with Crippen LogP contribution in [-0.2, 0) is 14.3 Å².